The van der Waals surface area contributed by atoms with E-state index in [1.54, 1.807) is 31.2 Å². The molecule has 4 nitrogen and oxygen atoms in total. The van der Waals surface area contributed by atoms with E-state index in [0.717, 1.165) is 5.56 Å². The van der Waals surface area contributed by atoms with Crippen LogP contribution in [0.15, 0.2) is 42.5 Å². The van der Waals surface area contributed by atoms with Gasteiger partial charge in [-0.1, -0.05) is 44.2 Å². The summed E-state index contributed by atoms with van der Waals surface area (Å²) in [6.45, 7) is 5.72. The molecule has 0 heterocycles. The van der Waals surface area contributed by atoms with Gasteiger partial charge in [-0.25, -0.2) is 4.39 Å². The van der Waals surface area contributed by atoms with Gasteiger partial charge in [-0.2, -0.15) is 0 Å². The van der Waals surface area contributed by atoms with Crippen LogP contribution in [-0.4, -0.2) is 9.79 Å². The molecule has 1 atom stereocenters. The van der Waals surface area contributed by atoms with Gasteiger partial charge in [-0.05, 0) is 41.7 Å². The average molecular weight is 337 g/mol. The number of nitrogens with one attached hydrogen (secondary N) is 1. The van der Waals surface area contributed by atoms with Crippen molar-refractivity contribution in [3.63, 3.8) is 0 Å². The van der Waals surface area contributed by atoms with Crippen LogP contribution in [-0.2, 0) is 4.57 Å². The van der Waals surface area contributed by atoms with Crippen LogP contribution in [0.25, 0.3) is 0 Å². The van der Waals surface area contributed by atoms with Crippen LogP contribution in [0.2, 0.25) is 0 Å². The summed E-state index contributed by atoms with van der Waals surface area (Å²) in [7, 11) is -4.46. The van der Waals surface area contributed by atoms with Crippen molar-refractivity contribution in [1.29, 1.82) is 0 Å². The molecule has 0 saturated heterocycles. The zero-order chi connectivity index (χ0) is 17.2. The molecule has 3 N–H and O–H groups in total. The molecule has 0 saturated carbocycles. The standard InChI is InChI=1S/C17H21FNO3P/c1-11(2)13-5-7-14(8-6-13)17(23(20,21)22)19-15-9-4-12(3)16(18)10-15/h4-11,17,19H,1-3H3,(H2,20,21,22). The number of anilines is 1. The Kier molecular flexibility index (Phi) is 5.25. The summed E-state index contributed by atoms with van der Waals surface area (Å²) in [5, 5.41) is 2.75. The molecule has 0 radical (unpaired) electrons. The fourth-order valence-corrected chi connectivity index (χ4v) is 3.14. The Labute approximate surface area is 135 Å². The fraction of sp³-hybridized carbons (Fsp3) is 0.294. The van der Waals surface area contributed by atoms with Gasteiger partial charge in [-0.3, -0.25) is 4.57 Å². The Hall–Kier alpha value is -1.68. The normalized spacial score (nSPS) is 13.2. The van der Waals surface area contributed by atoms with Gasteiger partial charge in [0.25, 0.3) is 0 Å². The minimum absolute atomic E-state index is 0.328. The predicted octanol–water partition coefficient (Wildman–Crippen LogP) is 4.55. The van der Waals surface area contributed by atoms with Gasteiger partial charge >= 0.3 is 7.60 Å². The van der Waals surface area contributed by atoms with E-state index in [0.29, 0.717) is 22.7 Å². The summed E-state index contributed by atoms with van der Waals surface area (Å²) in [6.07, 6.45) is 0. The van der Waals surface area contributed by atoms with Crippen molar-refractivity contribution in [2.75, 3.05) is 5.32 Å². The Morgan fingerprint density at radius 3 is 2.09 bits per heavy atom. The van der Waals surface area contributed by atoms with Gasteiger partial charge in [0.15, 0.2) is 5.78 Å². The van der Waals surface area contributed by atoms with Crippen LogP contribution in [0.5, 0.6) is 0 Å². The van der Waals surface area contributed by atoms with Crippen LogP contribution >= 0.6 is 7.60 Å². The molecular formula is C17H21FNO3P. The highest BCUT2D eigenvalue weighted by Gasteiger charge is 2.30. The molecule has 2 aromatic carbocycles. The quantitative estimate of drug-likeness (QED) is 0.700. The SMILES string of the molecule is Cc1ccc(NC(c2ccc(C(C)C)cc2)P(=O)(O)O)cc1F. The van der Waals surface area contributed by atoms with Crippen LogP contribution in [0.4, 0.5) is 10.1 Å². The van der Waals surface area contributed by atoms with Crippen molar-refractivity contribution in [3.8, 4) is 0 Å². The van der Waals surface area contributed by atoms with Gasteiger partial charge < -0.3 is 15.1 Å². The van der Waals surface area contributed by atoms with Crippen LogP contribution in [0.1, 0.15) is 42.2 Å². The van der Waals surface area contributed by atoms with E-state index in [4.69, 9.17) is 0 Å². The number of rotatable bonds is 5. The minimum atomic E-state index is -4.46. The summed E-state index contributed by atoms with van der Waals surface area (Å²) in [5.41, 5.74) is 2.35. The molecule has 23 heavy (non-hydrogen) atoms. The second-order valence-electron chi connectivity index (χ2n) is 5.92. The Morgan fingerprint density at radius 2 is 1.61 bits per heavy atom. The van der Waals surface area contributed by atoms with E-state index in [1.807, 2.05) is 26.0 Å². The maximum atomic E-state index is 13.6. The average Bonchev–Trinajstić information content (AvgIpc) is 2.47. The van der Waals surface area contributed by atoms with Gasteiger partial charge in [0.1, 0.15) is 5.82 Å². The molecule has 2 rings (SSSR count). The van der Waals surface area contributed by atoms with Crippen LogP contribution in [0.3, 0.4) is 0 Å². The lowest BCUT2D eigenvalue weighted by Gasteiger charge is -2.22. The highest BCUT2D eigenvalue weighted by Crippen LogP contribution is 2.51. The van der Waals surface area contributed by atoms with Crippen molar-refractivity contribution in [2.24, 2.45) is 0 Å². The zero-order valence-corrected chi connectivity index (χ0v) is 14.2. The molecule has 0 fully saturated rings. The minimum Gasteiger partial charge on any atom is -0.368 e. The van der Waals surface area contributed by atoms with Gasteiger partial charge in [0, 0.05) is 5.69 Å². The first kappa shape index (κ1) is 17.7. The van der Waals surface area contributed by atoms with Crippen molar-refractivity contribution >= 4 is 13.3 Å². The first-order chi connectivity index (χ1) is 10.7. The summed E-state index contributed by atoms with van der Waals surface area (Å²) >= 11 is 0. The zero-order valence-electron chi connectivity index (χ0n) is 13.3. The third kappa shape index (κ3) is 4.41. The van der Waals surface area contributed by atoms with E-state index in [1.165, 1.54) is 6.07 Å². The predicted molar refractivity (Wildman–Crippen MR) is 90.1 cm³/mol. The second kappa shape index (κ2) is 6.83. The van der Waals surface area contributed by atoms with Gasteiger partial charge in [0.2, 0.25) is 0 Å². The molecular weight excluding hydrogens is 316 g/mol. The number of hydrogen-bond acceptors (Lipinski definition) is 2. The highest BCUT2D eigenvalue weighted by atomic mass is 31.2. The number of aryl methyl sites for hydroxylation is 1. The van der Waals surface area contributed by atoms with Crippen LogP contribution < -0.4 is 5.32 Å². The Balaban J connectivity index is 2.34. The third-order valence-corrected chi connectivity index (χ3v) is 4.83. The van der Waals surface area contributed by atoms with E-state index in [9.17, 15) is 18.7 Å². The molecule has 0 aliphatic carbocycles. The topological polar surface area (TPSA) is 69.6 Å². The summed E-state index contributed by atoms with van der Waals surface area (Å²) < 4.78 is 25.5. The molecule has 2 aromatic rings. The van der Waals surface area contributed by atoms with E-state index in [-0.39, 0.29) is 0 Å². The molecule has 0 aromatic heterocycles. The Morgan fingerprint density at radius 1 is 1.04 bits per heavy atom. The summed E-state index contributed by atoms with van der Waals surface area (Å²) in [5.74, 6) is -1.31. The maximum Gasteiger partial charge on any atom is 0.352 e. The number of hydrogen-bond donors (Lipinski definition) is 3. The molecule has 6 heteroatoms. The molecule has 0 aliphatic heterocycles. The third-order valence-electron chi connectivity index (χ3n) is 3.73. The van der Waals surface area contributed by atoms with Crippen LogP contribution in [0, 0.1) is 12.7 Å². The van der Waals surface area contributed by atoms with Crippen molar-refractivity contribution < 1.29 is 18.7 Å². The van der Waals surface area contributed by atoms with E-state index >= 15 is 0 Å². The lowest BCUT2D eigenvalue weighted by atomic mass is 10.0. The molecule has 0 bridgehead atoms. The smallest absolute Gasteiger partial charge is 0.352 e. The lowest BCUT2D eigenvalue weighted by Crippen LogP contribution is -2.11. The molecule has 1 unspecified atom stereocenters. The monoisotopic (exact) mass is 337 g/mol. The van der Waals surface area contributed by atoms with E-state index < -0.39 is 19.2 Å². The highest BCUT2D eigenvalue weighted by molar-refractivity contribution is 7.52. The van der Waals surface area contributed by atoms with E-state index in [2.05, 4.69) is 5.32 Å². The first-order valence-corrected chi connectivity index (χ1v) is 9.04. The molecule has 0 spiro atoms. The number of benzene rings is 2. The lowest BCUT2D eigenvalue weighted by molar-refractivity contribution is 0.363. The molecule has 0 amide bonds. The summed E-state index contributed by atoms with van der Waals surface area (Å²) in [4.78, 5) is 19.3. The largest absolute Gasteiger partial charge is 0.368 e. The molecule has 0 aliphatic rings. The van der Waals surface area contributed by atoms with Crippen molar-refractivity contribution in [2.45, 2.75) is 32.5 Å². The van der Waals surface area contributed by atoms with Gasteiger partial charge in [-0.15, -0.1) is 0 Å². The van der Waals surface area contributed by atoms with Crippen molar-refractivity contribution in [3.05, 3.63) is 65.0 Å². The Bertz CT molecular complexity index is 725. The van der Waals surface area contributed by atoms with Gasteiger partial charge in [0.05, 0.1) is 0 Å². The fourth-order valence-electron chi connectivity index (χ4n) is 2.27. The second-order valence-corrected chi connectivity index (χ2v) is 7.62. The first-order valence-electron chi connectivity index (χ1n) is 7.36. The number of halogens is 1. The summed E-state index contributed by atoms with van der Waals surface area (Å²) in [6, 6.07) is 11.5. The maximum absolute atomic E-state index is 13.6. The molecule has 124 valence electrons. The van der Waals surface area contributed by atoms with Crippen molar-refractivity contribution in [1.82, 2.24) is 0 Å².